The van der Waals surface area contributed by atoms with E-state index in [2.05, 4.69) is 43.5 Å². The van der Waals surface area contributed by atoms with Crippen LogP contribution >= 0.6 is 0 Å². The zero-order chi connectivity index (χ0) is 61.6. The Morgan fingerprint density at radius 3 is 1.14 bits per heavy atom. The van der Waals surface area contributed by atoms with Crippen molar-refractivity contribution in [3.05, 3.63) is 36.5 Å². The molecule has 1 heterocycles. The molecule has 6 N–H and O–H groups in total. The first-order valence-electron chi connectivity index (χ1n) is 36.8. The first kappa shape index (κ1) is 80.9. The first-order valence-corrected chi connectivity index (χ1v) is 36.8. The van der Waals surface area contributed by atoms with E-state index in [4.69, 9.17) is 14.2 Å². The Labute approximate surface area is 523 Å². The van der Waals surface area contributed by atoms with Crippen LogP contribution in [-0.4, -0.2) is 100 Å². The summed E-state index contributed by atoms with van der Waals surface area (Å²) in [5.74, 6) is -0.174. The number of carbonyl (C=O) groups excluding carboxylic acids is 2. The Kier molecular flexibility index (Phi) is 60.4. The van der Waals surface area contributed by atoms with Crippen molar-refractivity contribution in [1.82, 2.24) is 5.32 Å². The predicted molar refractivity (Wildman–Crippen MR) is 357 cm³/mol. The van der Waals surface area contributed by atoms with Crippen molar-refractivity contribution in [3.63, 3.8) is 0 Å². The van der Waals surface area contributed by atoms with Crippen molar-refractivity contribution < 1.29 is 49.3 Å². The molecule has 1 amide bonds. The number of amides is 1. The van der Waals surface area contributed by atoms with Crippen LogP contribution in [-0.2, 0) is 23.8 Å². The lowest BCUT2D eigenvalue weighted by molar-refractivity contribution is -0.302. The molecule has 0 aliphatic carbocycles. The molecule has 11 heteroatoms. The second-order valence-corrected chi connectivity index (χ2v) is 25.6. The highest BCUT2D eigenvalue weighted by Crippen LogP contribution is 2.23. The Hall–Kier alpha value is -2.12. The number of ether oxygens (including phenoxy) is 3. The van der Waals surface area contributed by atoms with Crippen LogP contribution in [0.5, 0.6) is 0 Å². The van der Waals surface area contributed by atoms with E-state index < -0.39 is 49.5 Å². The van der Waals surface area contributed by atoms with Crippen molar-refractivity contribution in [3.8, 4) is 0 Å². The molecule has 0 bridgehead atoms. The first-order chi connectivity index (χ1) is 41.7. The Balaban J connectivity index is 1.88. The van der Waals surface area contributed by atoms with Crippen molar-refractivity contribution >= 4 is 11.9 Å². The Bertz CT molecular complexity index is 1510. The summed E-state index contributed by atoms with van der Waals surface area (Å²) in [5.41, 5.74) is 0. The van der Waals surface area contributed by atoms with E-state index >= 15 is 0 Å². The van der Waals surface area contributed by atoms with Crippen molar-refractivity contribution in [2.75, 3.05) is 19.8 Å². The molecule has 0 aromatic heterocycles. The minimum absolute atomic E-state index is 0.00446. The smallest absolute Gasteiger partial charge is 0.305 e. The molecule has 7 atom stereocenters. The van der Waals surface area contributed by atoms with Crippen LogP contribution in [0.4, 0.5) is 0 Å². The summed E-state index contributed by atoms with van der Waals surface area (Å²) >= 11 is 0. The molecule has 85 heavy (non-hydrogen) atoms. The maximum Gasteiger partial charge on any atom is 0.305 e. The Morgan fingerprint density at radius 1 is 0.424 bits per heavy atom. The fourth-order valence-corrected chi connectivity index (χ4v) is 11.7. The quantitative estimate of drug-likeness (QED) is 0.0195. The molecule has 0 aromatic rings. The second kappa shape index (κ2) is 63.4. The molecule has 0 radical (unpaired) electrons. The molecule has 0 saturated carbocycles. The van der Waals surface area contributed by atoms with Gasteiger partial charge in [-0.1, -0.05) is 301 Å². The maximum absolute atomic E-state index is 13.0. The number of carbonyl (C=O) groups is 2. The number of allylic oxidation sites excluding steroid dienone is 5. The van der Waals surface area contributed by atoms with Gasteiger partial charge < -0.3 is 45.1 Å². The minimum Gasteiger partial charge on any atom is -0.466 e. The molecular formula is C74H139NO10. The second-order valence-electron chi connectivity index (χ2n) is 25.6. The third-order valence-corrected chi connectivity index (χ3v) is 17.5. The number of esters is 1. The lowest BCUT2D eigenvalue weighted by atomic mass is 9.99. The molecule has 500 valence electrons. The predicted octanol–water partition coefficient (Wildman–Crippen LogP) is 19.0. The average molecular weight is 1200 g/mol. The number of hydrogen-bond acceptors (Lipinski definition) is 10. The minimum atomic E-state index is -1.57. The largest absolute Gasteiger partial charge is 0.466 e. The number of unbranched alkanes of at least 4 members (excludes halogenated alkanes) is 47. The van der Waals surface area contributed by atoms with Gasteiger partial charge in [0.05, 0.1) is 32.0 Å². The lowest BCUT2D eigenvalue weighted by Gasteiger charge is -2.40. The maximum atomic E-state index is 13.0. The zero-order valence-corrected chi connectivity index (χ0v) is 55.6. The molecule has 1 saturated heterocycles. The molecular weight excluding hydrogens is 1060 g/mol. The number of rotatable bonds is 65. The van der Waals surface area contributed by atoms with Crippen molar-refractivity contribution in [2.45, 2.75) is 403 Å². The van der Waals surface area contributed by atoms with Gasteiger partial charge in [0.2, 0.25) is 5.91 Å². The standard InChI is InChI=1S/C74H139NO10/c1-3-5-7-9-11-13-14-38-42-46-50-54-58-62-70(79)83-63-59-55-51-47-43-40-37-35-33-31-29-27-25-23-21-19-17-15-16-18-20-22-24-26-28-30-32-34-36-39-41-45-49-53-57-61-69(78)75-66(67(77)60-56-52-48-44-12-10-8-6-4-2)65-84-74-73(82)72(81)71(80)68(64-76)85-74/h13-14,17,19,56,60,66-68,71-74,76-77,80-82H,3-12,15-16,18,20-55,57-59,61-65H2,1-2H3,(H,75,78)/b14-13-,19-17-,60-56+. The van der Waals surface area contributed by atoms with Crippen molar-refractivity contribution in [1.29, 1.82) is 0 Å². The van der Waals surface area contributed by atoms with Crippen LogP contribution in [0.3, 0.4) is 0 Å². The molecule has 1 rings (SSSR count). The average Bonchev–Trinajstić information content (AvgIpc) is 3.50. The Morgan fingerprint density at radius 2 is 0.753 bits per heavy atom. The molecule has 1 fully saturated rings. The van der Waals surface area contributed by atoms with E-state index in [-0.39, 0.29) is 18.5 Å². The fraction of sp³-hybridized carbons (Fsp3) is 0.892. The third-order valence-electron chi connectivity index (χ3n) is 17.5. The van der Waals surface area contributed by atoms with E-state index in [1.165, 1.54) is 276 Å². The monoisotopic (exact) mass is 1200 g/mol. The topological polar surface area (TPSA) is 175 Å². The van der Waals surface area contributed by atoms with E-state index in [0.717, 1.165) is 57.8 Å². The molecule has 7 unspecified atom stereocenters. The van der Waals surface area contributed by atoms with Gasteiger partial charge in [0, 0.05) is 12.8 Å². The van der Waals surface area contributed by atoms with Crippen molar-refractivity contribution in [2.24, 2.45) is 0 Å². The summed E-state index contributed by atoms with van der Waals surface area (Å²) < 4.78 is 16.7. The van der Waals surface area contributed by atoms with Crippen LogP contribution in [0.25, 0.3) is 0 Å². The molecule has 0 aromatic carbocycles. The lowest BCUT2D eigenvalue weighted by Crippen LogP contribution is -2.60. The summed E-state index contributed by atoms with van der Waals surface area (Å²) in [7, 11) is 0. The third kappa shape index (κ3) is 52.4. The van der Waals surface area contributed by atoms with Crippen LogP contribution in [0, 0.1) is 0 Å². The van der Waals surface area contributed by atoms with Crippen LogP contribution in [0.15, 0.2) is 36.5 Å². The summed E-state index contributed by atoms with van der Waals surface area (Å²) in [4.78, 5) is 25.1. The number of aliphatic hydroxyl groups excluding tert-OH is 5. The van der Waals surface area contributed by atoms with Gasteiger partial charge in [0.15, 0.2) is 6.29 Å². The normalized spacial score (nSPS) is 18.1. The summed E-state index contributed by atoms with van der Waals surface area (Å²) in [6.45, 7) is 4.33. The van der Waals surface area contributed by atoms with Crippen LogP contribution in [0.1, 0.15) is 361 Å². The van der Waals surface area contributed by atoms with Gasteiger partial charge in [0.1, 0.15) is 24.4 Å². The number of hydrogen-bond donors (Lipinski definition) is 6. The van der Waals surface area contributed by atoms with E-state index in [9.17, 15) is 35.1 Å². The fourth-order valence-electron chi connectivity index (χ4n) is 11.7. The van der Waals surface area contributed by atoms with Gasteiger partial charge in [-0.05, 0) is 83.5 Å². The van der Waals surface area contributed by atoms with Gasteiger partial charge in [-0.25, -0.2) is 0 Å². The van der Waals surface area contributed by atoms with Gasteiger partial charge in [-0.3, -0.25) is 9.59 Å². The zero-order valence-electron chi connectivity index (χ0n) is 55.6. The summed E-state index contributed by atoms with van der Waals surface area (Å²) in [6, 6.07) is -0.806. The molecule has 1 aliphatic heterocycles. The molecule has 0 spiro atoms. The van der Waals surface area contributed by atoms with E-state index in [1.807, 2.05) is 6.08 Å². The highest BCUT2D eigenvalue weighted by molar-refractivity contribution is 5.76. The van der Waals surface area contributed by atoms with E-state index in [0.29, 0.717) is 19.4 Å². The summed E-state index contributed by atoms with van der Waals surface area (Å²) in [6.07, 6.45) is 71.7. The molecule has 1 aliphatic rings. The van der Waals surface area contributed by atoms with Gasteiger partial charge in [0.25, 0.3) is 0 Å². The highest BCUT2D eigenvalue weighted by Gasteiger charge is 2.44. The van der Waals surface area contributed by atoms with Gasteiger partial charge in [-0.2, -0.15) is 0 Å². The van der Waals surface area contributed by atoms with Crippen LogP contribution in [0.2, 0.25) is 0 Å². The SMILES string of the molecule is CCCCCC/C=C\CCCCCCCC(=O)OCCCCCCCCCCCCCCCC/C=C\CCCCCCCCCCCCCCCCCCCC(=O)NC(COC1OC(CO)C(O)C(O)C1O)C(O)/C=C/CCCCCCCCC. The molecule has 11 nitrogen and oxygen atoms in total. The van der Waals surface area contributed by atoms with Gasteiger partial charge >= 0.3 is 5.97 Å². The summed E-state index contributed by atoms with van der Waals surface area (Å²) in [5, 5.41) is 54.3. The van der Waals surface area contributed by atoms with E-state index in [1.54, 1.807) is 6.08 Å². The number of aliphatic hydroxyl groups is 5. The highest BCUT2D eigenvalue weighted by atomic mass is 16.7. The number of nitrogens with one attached hydrogen (secondary N) is 1. The van der Waals surface area contributed by atoms with Gasteiger partial charge in [-0.15, -0.1) is 0 Å². The van der Waals surface area contributed by atoms with Crippen LogP contribution < -0.4 is 5.32 Å².